The van der Waals surface area contributed by atoms with E-state index in [0.717, 1.165) is 34.8 Å². The van der Waals surface area contributed by atoms with Crippen molar-refractivity contribution < 1.29 is 9.90 Å². The van der Waals surface area contributed by atoms with Crippen molar-refractivity contribution in [2.24, 2.45) is 7.05 Å². The first kappa shape index (κ1) is 12.0. The molecule has 0 bridgehead atoms. The topological polar surface area (TPSA) is 55.1 Å². The quantitative estimate of drug-likeness (QED) is 0.898. The number of nitrogens with zero attached hydrogens (tertiary/aromatic N) is 2. The number of fused-ring (bicyclic) bond motifs is 1. The van der Waals surface area contributed by atoms with Crippen LogP contribution in [0.5, 0.6) is 0 Å². The molecule has 0 amide bonds. The van der Waals surface area contributed by atoms with E-state index in [9.17, 15) is 9.90 Å². The molecule has 4 heteroatoms. The van der Waals surface area contributed by atoms with E-state index in [-0.39, 0.29) is 0 Å². The number of carboxylic acids is 1. The summed E-state index contributed by atoms with van der Waals surface area (Å²) in [6, 6.07) is 8.05. The summed E-state index contributed by atoms with van der Waals surface area (Å²) < 4.78 is 2.04. The van der Waals surface area contributed by atoms with Crippen molar-refractivity contribution in [3.05, 3.63) is 41.2 Å². The van der Waals surface area contributed by atoms with Crippen molar-refractivity contribution in [1.82, 2.24) is 9.55 Å². The number of aliphatic carboxylic acids is 1. The van der Waals surface area contributed by atoms with Gasteiger partial charge in [-0.05, 0) is 25.3 Å². The number of aromatic nitrogens is 2. The Labute approximate surface area is 111 Å². The van der Waals surface area contributed by atoms with Crippen LogP contribution < -0.4 is 0 Å². The number of carboxylic acid groups (broad SMARTS) is 1. The Morgan fingerprint density at radius 2 is 2.16 bits per heavy atom. The van der Waals surface area contributed by atoms with Crippen molar-refractivity contribution in [1.29, 1.82) is 0 Å². The molecule has 1 heterocycles. The van der Waals surface area contributed by atoms with Crippen molar-refractivity contribution in [2.75, 3.05) is 0 Å². The van der Waals surface area contributed by atoms with Crippen LogP contribution in [0.15, 0.2) is 24.3 Å². The lowest BCUT2D eigenvalue weighted by molar-refractivity contribution is -0.138. The maximum atomic E-state index is 11.2. The van der Waals surface area contributed by atoms with Crippen LogP contribution in [0.25, 0.3) is 11.4 Å². The van der Waals surface area contributed by atoms with Gasteiger partial charge in [-0.3, -0.25) is 4.79 Å². The fraction of sp³-hybridized carbons (Fsp3) is 0.333. The van der Waals surface area contributed by atoms with E-state index in [1.807, 2.05) is 42.8 Å². The van der Waals surface area contributed by atoms with Gasteiger partial charge in [0.15, 0.2) is 0 Å². The molecule has 0 fully saturated rings. The van der Waals surface area contributed by atoms with Gasteiger partial charge in [-0.2, -0.15) is 0 Å². The highest BCUT2D eigenvalue weighted by Gasteiger charge is 2.33. The second kappa shape index (κ2) is 4.23. The average molecular weight is 256 g/mol. The molecule has 0 spiro atoms. The maximum Gasteiger partial charge on any atom is 0.312 e. The monoisotopic (exact) mass is 256 g/mol. The second-order valence-corrected chi connectivity index (χ2v) is 5.07. The summed E-state index contributed by atoms with van der Waals surface area (Å²) in [6.45, 7) is 2.05. The van der Waals surface area contributed by atoms with Gasteiger partial charge in [0.1, 0.15) is 11.7 Å². The number of carbonyl (C=O) groups is 1. The first-order chi connectivity index (χ1) is 9.09. The lowest BCUT2D eigenvalue weighted by Gasteiger charge is -2.07. The Balaban J connectivity index is 2.14. The first-order valence-corrected chi connectivity index (χ1v) is 6.44. The summed E-state index contributed by atoms with van der Waals surface area (Å²) in [4.78, 5) is 15.8. The summed E-state index contributed by atoms with van der Waals surface area (Å²) in [5.41, 5.74) is 4.03. The minimum absolute atomic E-state index is 0.445. The Morgan fingerprint density at radius 1 is 1.42 bits per heavy atom. The van der Waals surface area contributed by atoms with Crippen LogP contribution in [-0.2, 0) is 18.3 Å². The molecule has 0 saturated heterocycles. The van der Waals surface area contributed by atoms with Gasteiger partial charge in [-0.1, -0.05) is 24.3 Å². The molecule has 1 aliphatic carbocycles. The average Bonchev–Trinajstić information content (AvgIpc) is 2.91. The smallest absolute Gasteiger partial charge is 0.312 e. The fourth-order valence-corrected chi connectivity index (χ4v) is 2.85. The minimum atomic E-state index is -0.770. The first-order valence-electron chi connectivity index (χ1n) is 6.44. The summed E-state index contributed by atoms with van der Waals surface area (Å²) in [6.07, 6.45) is 1.45. The standard InChI is InChI=1S/C15H16N2O2/c1-9-5-3-4-6-10(9)14-16-13-11(15(18)19)7-8-12(13)17(14)2/h3-6,11H,7-8H2,1-2H3,(H,18,19). The van der Waals surface area contributed by atoms with Crippen LogP contribution in [0.1, 0.15) is 29.3 Å². The van der Waals surface area contributed by atoms with Crippen molar-refractivity contribution in [3.63, 3.8) is 0 Å². The molecule has 1 aromatic carbocycles. The predicted molar refractivity (Wildman–Crippen MR) is 72.1 cm³/mol. The number of hydrogen-bond donors (Lipinski definition) is 1. The highest BCUT2D eigenvalue weighted by atomic mass is 16.4. The van der Waals surface area contributed by atoms with E-state index < -0.39 is 11.9 Å². The molecule has 2 aromatic rings. The van der Waals surface area contributed by atoms with Crippen LogP contribution in [0.2, 0.25) is 0 Å². The van der Waals surface area contributed by atoms with Gasteiger partial charge in [0, 0.05) is 18.3 Å². The molecule has 0 radical (unpaired) electrons. The minimum Gasteiger partial charge on any atom is -0.481 e. The number of imidazole rings is 1. The van der Waals surface area contributed by atoms with Gasteiger partial charge in [0.25, 0.3) is 0 Å². The largest absolute Gasteiger partial charge is 0.481 e. The van der Waals surface area contributed by atoms with Crippen LogP contribution in [-0.4, -0.2) is 20.6 Å². The van der Waals surface area contributed by atoms with Gasteiger partial charge in [-0.25, -0.2) is 4.98 Å². The van der Waals surface area contributed by atoms with Crippen LogP contribution in [0.3, 0.4) is 0 Å². The van der Waals surface area contributed by atoms with Crippen LogP contribution in [0, 0.1) is 6.92 Å². The Hall–Kier alpha value is -2.10. The Bertz CT molecular complexity index is 658. The molecule has 3 rings (SSSR count). The van der Waals surface area contributed by atoms with E-state index in [1.165, 1.54) is 0 Å². The van der Waals surface area contributed by atoms with Gasteiger partial charge < -0.3 is 9.67 Å². The summed E-state index contributed by atoms with van der Waals surface area (Å²) in [7, 11) is 1.97. The molecule has 1 atom stereocenters. The van der Waals surface area contributed by atoms with Gasteiger partial charge in [-0.15, -0.1) is 0 Å². The third-order valence-electron chi connectivity index (χ3n) is 3.93. The third kappa shape index (κ3) is 1.75. The lowest BCUT2D eigenvalue weighted by Crippen LogP contribution is -2.08. The maximum absolute atomic E-state index is 11.2. The third-order valence-corrected chi connectivity index (χ3v) is 3.93. The molecule has 1 unspecified atom stereocenters. The summed E-state index contributed by atoms with van der Waals surface area (Å²) >= 11 is 0. The molecular formula is C15H16N2O2. The van der Waals surface area contributed by atoms with Gasteiger partial charge in [0.2, 0.25) is 0 Å². The zero-order valence-corrected chi connectivity index (χ0v) is 11.1. The van der Waals surface area contributed by atoms with Crippen molar-refractivity contribution in [2.45, 2.75) is 25.7 Å². The Morgan fingerprint density at radius 3 is 2.84 bits per heavy atom. The molecule has 0 aliphatic heterocycles. The molecule has 4 nitrogen and oxygen atoms in total. The Kier molecular flexibility index (Phi) is 2.66. The van der Waals surface area contributed by atoms with E-state index in [0.29, 0.717) is 6.42 Å². The SMILES string of the molecule is Cc1ccccc1-c1nc2c(n1C)CCC2C(=O)O. The van der Waals surface area contributed by atoms with E-state index in [1.54, 1.807) is 0 Å². The van der Waals surface area contributed by atoms with Gasteiger partial charge in [0.05, 0.1) is 5.69 Å². The zero-order valence-electron chi connectivity index (χ0n) is 11.1. The highest BCUT2D eigenvalue weighted by molar-refractivity contribution is 5.77. The number of aryl methyl sites for hydroxylation is 1. The zero-order chi connectivity index (χ0) is 13.6. The van der Waals surface area contributed by atoms with E-state index in [2.05, 4.69) is 4.98 Å². The molecule has 1 aromatic heterocycles. The second-order valence-electron chi connectivity index (χ2n) is 5.07. The van der Waals surface area contributed by atoms with Crippen molar-refractivity contribution >= 4 is 5.97 Å². The summed E-state index contributed by atoms with van der Waals surface area (Å²) in [5, 5.41) is 9.24. The molecule has 1 aliphatic rings. The molecule has 1 N–H and O–H groups in total. The summed E-state index contributed by atoms with van der Waals surface area (Å²) in [5.74, 6) is -0.346. The predicted octanol–water partition coefficient (Wildman–Crippen LogP) is 2.51. The van der Waals surface area contributed by atoms with Crippen LogP contribution >= 0.6 is 0 Å². The van der Waals surface area contributed by atoms with Crippen LogP contribution in [0.4, 0.5) is 0 Å². The highest BCUT2D eigenvalue weighted by Crippen LogP contribution is 2.36. The normalized spacial score (nSPS) is 17.5. The van der Waals surface area contributed by atoms with E-state index in [4.69, 9.17) is 0 Å². The lowest BCUT2D eigenvalue weighted by atomic mass is 10.1. The van der Waals surface area contributed by atoms with Gasteiger partial charge >= 0.3 is 5.97 Å². The van der Waals surface area contributed by atoms with E-state index >= 15 is 0 Å². The van der Waals surface area contributed by atoms with Crippen molar-refractivity contribution in [3.8, 4) is 11.4 Å². The molecule has 98 valence electrons. The fourth-order valence-electron chi connectivity index (χ4n) is 2.85. The molecular weight excluding hydrogens is 240 g/mol. The molecule has 19 heavy (non-hydrogen) atoms. The number of benzene rings is 1. The molecule has 0 saturated carbocycles. The number of rotatable bonds is 2. The number of hydrogen-bond acceptors (Lipinski definition) is 2.